The number of ketones is 1. The molecule has 102 valence electrons. The molecule has 3 rings (SSSR count). The Morgan fingerprint density at radius 2 is 2.05 bits per heavy atom. The molecule has 0 bridgehead atoms. The van der Waals surface area contributed by atoms with Gasteiger partial charge < -0.3 is 4.90 Å². The van der Waals surface area contributed by atoms with Crippen LogP contribution in [0.15, 0.2) is 42.5 Å². The van der Waals surface area contributed by atoms with Crippen LogP contribution in [0.3, 0.4) is 0 Å². The molecule has 1 aliphatic rings. The van der Waals surface area contributed by atoms with E-state index in [9.17, 15) is 4.79 Å². The molecule has 0 unspecified atom stereocenters. The van der Waals surface area contributed by atoms with Gasteiger partial charge in [0, 0.05) is 24.3 Å². The predicted octanol–water partition coefficient (Wildman–Crippen LogP) is 3.76. The quantitative estimate of drug-likeness (QED) is 0.788. The second-order valence-corrected chi connectivity index (χ2v) is 5.56. The van der Waals surface area contributed by atoms with Crippen molar-refractivity contribution in [1.82, 2.24) is 0 Å². The van der Waals surface area contributed by atoms with Gasteiger partial charge in [-0.3, -0.25) is 4.79 Å². The predicted molar refractivity (Wildman–Crippen MR) is 82.4 cm³/mol. The largest absolute Gasteiger partial charge is 0.367 e. The third-order valence-corrected chi connectivity index (χ3v) is 3.93. The first kappa shape index (κ1) is 12.9. The van der Waals surface area contributed by atoms with Gasteiger partial charge in [0.25, 0.3) is 0 Å². The van der Waals surface area contributed by atoms with E-state index in [2.05, 4.69) is 42.2 Å². The number of Topliss-reactive ketones (excluding diaryl/α,β-unsaturated/α-hetero) is 1. The number of fused-ring (bicyclic) bond motifs is 1. The van der Waals surface area contributed by atoms with Crippen molar-refractivity contribution in [3.8, 4) is 0 Å². The van der Waals surface area contributed by atoms with Crippen molar-refractivity contribution in [2.24, 2.45) is 0 Å². The first-order chi connectivity index (χ1) is 9.63. The van der Waals surface area contributed by atoms with Crippen molar-refractivity contribution < 1.29 is 4.79 Å². The van der Waals surface area contributed by atoms with Gasteiger partial charge in [0.15, 0.2) is 5.78 Å². The Balaban J connectivity index is 1.84. The molecule has 2 aromatic rings. The highest BCUT2D eigenvalue weighted by atomic mass is 16.1. The van der Waals surface area contributed by atoms with E-state index in [1.54, 1.807) is 6.92 Å². The van der Waals surface area contributed by atoms with Gasteiger partial charge in [-0.15, -0.1) is 0 Å². The van der Waals surface area contributed by atoms with Crippen LogP contribution < -0.4 is 4.90 Å². The van der Waals surface area contributed by atoms with E-state index >= 15 is 0 Å². The molecule has 0 atom stereocenters. The number of nitrogens with zero attached hydrogens (tertiary/aromatic N) is 1. The molecule has 2 aromatic carbocycles. The summed E-state index contributed by atoms with van der Waals surface area (Å²) in [6.07, 6.45) is 1.03. The Hall–Kier alpha value is -2.09. The van der Waals surface area contributed by atoms with Gasteiger partial charge in [-0.25, -0.2) is 0 Å². The van der Waals surface area contributed by atoms with Crippen LogP contribution in [0.5, 0.6) is 0 Å². The first-order valence-electron chi connectivity index (χ1n) is 7.08. The van der Waals surface area contributed by atoms with E-state index in [1.165, 1.54) is 22.4 Å². The molecule has 20 heavy (non-hydrogen) atoms. The average Bonchev–Trinajstić information content (AvgIpc) is 2.81. The summed E-state index contributed by atoms with van der Waals surface area (Å²) in [5, 5.41) is 0. The lowest BCUT2D eigenvalue weighted by Gasteiger charge is -2.20. The highest BCUT2D eigenvalue weighted by Gasteiger charge is 2.19. The van der Waals surface area contributed by atoms with Crippen LogP contribution in [0.2, 0.25) is 0 Å². The molecule has 0 aliphatic carbocycles. The summed E-state index contributed by atoms with van der Waals surface area (Å²) in [7, 11) is 0. The Bertz CT molecular complexity index is 660. The minimum Gasteiger partial charge on any atom is -0.367 e. The van der Waals surface area contributed by atoms with Crippen molar-refractivity contribution in [2.45, 2.75) is 26.8 Å². The van der Waals surface area contributed by atoms with Crippen LogP contribution in [0, 0.1) is 6.92 Å². The molecule has 2 nitrogen and oxygen atoms in total. The van der Waals surface area contributed by atoms with Crippen LogP contribution in [0.25, 0.3) is 0 Å². The first-order valence-corrected chi connectivity index (χ1v) is 7.08. The third-order valence-electron chi connectivity index (χ3n) is 3.93. The highest BCUT2D eigenvalue weighted by Crippen LogP contribution is 2.30. The Morgan fingerprint density at radius 3 is 2.80 bits per heavy atom. The van der Waals surface area contributed by atoms with E-state index in [4.69, 9.17) is 0 Å². The van der Waals surface area contributed by atoms with E-state index in [-0.39, 0.29) is 5.78 Å². The van der Waals surface area contributed by atoms with Crippen molar-refractivity contribution in [2.75, 3.05) is 11.4 Å². The fourth-order valence-electron chi connectivity index (χ4n) is 2.88. The minimum absolute atomic E-state index is 0.143. The fourth-order valence-corrected chi connectivity index (χ4v) is 2.88. The van der Waals surface area contributed by atoms with E-state index in [1.807, 2.05) is 12.1 Å². The minimum atomic E-state index is 0.143. The zero-order valence-electron chi connectivity index (χ0n) is 12.0. The zero-order chi connectivity index (χ0) is 14.1. The number of anilines is 1. The number of carbonyl (C=O) groups is 1. The number of hydrogen-bond acceptors (Lipinski definition) is 2. The van der Waals surface area contributed by atoms with Gasteiger partial charge >= 0.3 is 0 Å². The van der Waals surface area contributed by atoms with Gasteiger partial charge in [-0.1, -0.05) is 29.8 Å². The summed E-state index contributed by atoms with van der Waals surface area (Å²) in [6, 6.07) is 14.7. The van der Waals surface area contributed by atoms with E-state index < -0.39 is 0 Å². The zero-order valence-corrected chi connectivity index (χ0v) is 12.0. The lowest BCUT2D eigenvalue weighted by atomic mass is 10.1. The molecule has 0 aromatic heterocycles. The fraction of sp³-hybridized carbons (Fsp3) is 0.278. The van der Waals surface area contributed by atoms with Crippen LogP contribution in [-0.2, 0) is 13.0 Å². The van der Waals surface area contributed by atoms with Crippen LogP contribution in [-0.4, -0.2) is 12.3 Å². The summed E-state index contributed by atoms with van der Waals surface area (Å²) in [6.45, 7) is 5.72. The summed E-state index contributed by atoms with van der Waals surface area (Å²) in [4.78, 5) is 13.8. The second-order valence-electron chi connectivity index (χ2n) is 5.56. The van der Waals surface area contributed by atoms with Gasteiger partial charge in [0.1, 0.15) is 0 Å². The molecule has 0 N–H and O–H groups in total. The topological polar surface area (TPSA) is 20.3 Å². The number of carbonyl (C=O) groups excluding carboxylic acids is 1. The maximum atomic E-state index is 11.4. The molecule has 0 saturated carbocycles. The smallest absolute Gasteiger partial charge is 0.159 e. The summed E-state index contributed by atoms with van der Waals surface area (Å²) >= 11 is 0. The molecular formula is C18H19NO. The van der Waals surface area contributed by atoms with Crippen molar-refractivity contribution in [3.05, 3.63) is 64.7 Å². The van der Waals surface area contributed by atoms with Crippen molar-refractivity contribution in [1.29, 1.82) is 0 Å². The standard InChI is InChI=1S/C18H19NO/c1-13-4-3-5-15(10-13)12-19-9-8-17-11-16(14(2)20)6-7-18(17)19/h3-7,10-11H,8-9,12H2,1-2H3. The summed E-state index contributed by atoms with van der Waals surface area (Å²) in [5.74, 6) is 0.143. The van der Waals surface area contributed by atoms with Crippen LogP contribution in [0.4, 0.5) is 5.69 Å². The van der Waals surface area contributed by atoms with Crippen LogP contribution in [0.1, 0.15) is 34.0 Å². The Labute approximate surface area is 120 Å². The highest BCUT2D eigenvalue weighted by molar-refractivity contribution is 5.94. The molecular weight excluding hydrogens is 246 g/mol. The lowest BCUT2D eigenvalue weighted by Crippen LogP contribution is -2.19. The van der Waals surface area contributed by atoms with Crippen molar-refractivity contribution in [3.63, 3.8) is 0 Å². The molecule has 0 spiro atoms. The second kappa shape index (κ2) is 5.12. The lowest BCUT2D eigenvalue weighted by molar-refractivity contribution is 0.101. The normalized spacial score (nSPS) is 13.4. The van der Waals surface area contributed by atoms with Gasteiger partial charge in [0.05, 0.1) is 0 Å². The summed E-state index contributed by atoms with van der Waals surface area (Å²) < 4.78 is 0. The Kier molecular flexibility index (Phi) is 3.31. The van der Waals surface area contributed by atoms with E-state index in [0.717, 1.165) is 25.1 Å². The molecule has 0 radical (unpaired) electrons. The van der Waals surface area contributed by atoms with E-state index in [0.29, 0.717) is 0 Å². The number of hydrogen-bond donors (Lipinski definition) is 0. The van der Waals surface area contributed by atoms with Crippen molar-refractivity contribution >= 4 is 11.5 Å². The van der Waals surface area contributed by atoms with Gasteiger partial charge in [-0.2, -0.15) is 0 Å². The molecule has 0 amide bonds. The number of aryl methyl sites for hydroxylation is 1. The molecule has 1 aliphatic heterocycles. The SMILES string of the molecule is CC(=O)c1ccc2c(c1)CCN2Cc1cccc(C)c1. The molecule has 0 saturated heterocycles. The van der Waals surface area contributed by atoms with Crippen LogP contribution >= 0.6 is 0 Å². The maximum absolute atomic E-state index is 11.4. The summed E-state index contributed by atoms with van der Waals surface area (Å²) in [5.41, 5.74) is 6.03. The average molecular weight is 265 g/mol. The molecule has 0 fully saturated rings. The Morgan fingerprint density at radius 1 is 1.20 bits per heavy atom. The molecule has 1 heterocycles. The molecule has 2 heteroatoms. The third kappa shape index (κ3) is 2.46. The van der Waals surface area contributed by atoms with Gasteiger partial charge in [-0.05, 0) is 49.6 Å². The maximum Gasteiger partial charge on any atom is 0.159 e. The van der Waals surface area contributed by atoms with Gasteiger partial charge in [0.2, 0.25) is 0 Å². The number of rotatable bonds is 3. The number of benzene rings is 2. The monoisotopic (exact) mass is 265 g/mol.